The SMILES string of the molecule is COc1cc(N2CCN(C(=O)O)CC2)ccc1Nc1ncc(C(F)C(F)F)c(Cl)n1. The molecule has 2 N–H and O–H groups in total. The van der Waals surface area contributed by atoms with E-state index in [1.54, 1.807) is 12.1 Å². The van der Waals surface area contributed by atoms with Gasteiger partial charge in [-0.15, -0.1) is 0 Å². The number of anilines is 3. The molecule has 30 heavy (non-hydrogen) atoms. The molecule has 0 aliphatic carbocycles. The minimum Gasteiger partial charge on any atom is -0.494 e. The van der Waals surface area contributed by atoms with Crippen molar-refractivity contribution in [2.75, 3.05) is 43.5 Å². The average Bonchev–Trinajstić information content (AvgIpc) is 2.73. The summed E-state index contributed by atoms with van der Waals surface area (Å²) in [5.74, 6) is 0.444. The number of benzene rings is 1. The number of methoxy groups -OCH3 is 1. The number of carboxylic acid groups (broad SMARTS) is 1. The molecule has 1 aromatic heterocycles. The zero-order chi connectivity index (χ0) is 21.8. The zero-order valence-electron chi connectivity index (χ0n) is 15.9. The molecule has 12 heteroatoms. The van der Waals surface area contributed by atoms with Gasteiger partial charge < -0.3 is 25.0 Å². The van der Waals surface area contributed by atoms with E-state index in [1.165, 1.54) is 12.0 Å². The highest BCUT2D eigenvalue weighted by molar-refractivity contribution is 6.30. The lowest BCUT2D eigenvalue weighted by Gasteiger charge is -2.34. The Balaban J connectivity index is 1.74. The lowest BCUT2D eigenvalue weighted by atomic mass is 10.2. The standard InChI is InChI=1S/C18H19ClF3N5O3/c1-30-13-8-10(26-4-6-27(7-5-26)18(28)29)2-3-12(13)24-17-23-9-11(15(19)25-17)14(20)16(21)22/h2-3,8-9,14,16H,4-7H2,1H3,(H,28,29)(H,23,24,25). The molecule has 1 fully saturated rings. The molecule has 1 aromatic carbocycles. The van der Waals surface area contributed by atoms with E-state index in [9.17, 15) is 18.0 Å². The zero-order valence-corrected chi connectivity index (χ0v) is 16.6. The Hall–Kier alpha value is -2.95. The van der Waals surface area contributed by atoms with Crippen molar-refractivity contribution in [3.63, 3.8) is 0 Å². The molecular weight excluding hydrogens is 427 g/mol. The molecule has 1 amide bonds. The van der Waals surface area contributed by atoms with Crippen molar-refractivity contribution in [1.82, 2.24) is 14.9 Å². The number of amides is 1. The van der Waals surface area contributed by atoms with Crippen LogP contribution in [0, 0.1) is 0 Å². The number of aromatic nitrogens is 2. The summed E-state index contributed by atoms with van der Waals surface area (Å²) >= 11 is 5.82. The first-order valence-electron chi connectivity index (χ1n) is 8.92. The summed E-state index contributed by atoms with van der Waals surface area (Å²) < 4.78 is 44.0. The molecule has 0 saturated carbocycles. The molecule has 8 nitrogen and oxygen atoms in total. The van der Waals surface area contributed by atoms with Gasteiger partial charge in [-0.25, -0.2) is 27.9 Å². The van der Waals surface area contributed by atoms with Crippen LogP contribution in [-0.4, -0.2) is 65.8 Å². The van der Waals surface area contributed by atoms with Crippen LogP contribution in [0.2, 0.25) is 5.15 Å². The van der Waals surface area contributed by atoms with Crippen LogP contribution in [0.5, 0.6) is 5.75 Å². The molecule has 1 atom stereocenters. The number of alkyl halides is 3. The van der Waals surface area contributed by atoms with Gasteiger partial charge in [-0.3, -0.25) is 0 Å². The number of nitrogens with zero attached hydrogens (tertiary/aromatic N) is 4. The summed E-state index contributed by atoms with van der Waals surface area (Å²) in [7, 11) is 1.47. The van der Waals surface area contributed by atoms with Gasteiger partial charge in [0.15, 0.2) is 6.17 Å². The van der Waals surface area contributed by atoms with E-state index in [0.717, 1.165) is 11.9 Å². The van der Waals surface area contributed by atoms with Gasteiger partial charge in [-0.1, -0.05) is 11.6 Å². The third-order valence-corrected chi connectivity index (χ3v) is 4.94. The van der Waals surface area contributed by atoms with Crippen LogP contribution in [0.1, 0.15) is 11.7 Å². The highest BCUT2D eigenvalue weighted by atomic mass is 35.5. The first-order chi connectivity index (χ1) is 14.3. The van der Waals surface area contributed by atoms with Gasteiger partial charge in [0.05, 0.1) is 12.8 Å². The maximum absolute atomic E-state index is 13.5. The monoisotopic (exact) mass is 445 g/mol. The van der Waals surface area contributed by atoms with E-state index < -0.39 is 29.4 Å². The van der Waals surface area contributed by atoms with E-state index in [0.29, 0.717) is 37.6 Å². The predicted molar refractivity (Wildman–Crippen MR) is 105 cm³/mol. The topological polar surface area (TPSA) is 90.8 Å². The summed E-state index contributed by atoms with van der Waals surface area (Å²) in [6, 6.07) is 5.29. The Morgan fingerprint density at radius 2 is 1.97 bits per heavy atom. The molecule has 2 heterocycles. The molecule has 162 valence electrons. The molecular formula is C18H19ClF3N5O3. The lowest BCUT2D eigenvalue weighted by molar-refractivity contribution is 0.0492. The maximum atomic E-state index is 13.5. The van der Waals surface area contributed by atoms with Crippen LogP contribution in [-0.2, 0) is 0 Å². The summed E-state index contributed by atoms with van der Waals surface area (Å²) in [6.45, 7) is 1.86. The maximum Gasteiger partial charge on any atom is 0.407 e. The summed E-state index contributed by atoms with van der Waals surface area (Å²) in [5.41, 5.74) is 0.842. The van der Waals surface area contributed by atoms with E-state index >= 15 is 0 Å². The van der Waals surface area contributed by atoms with Crippen molar-refractivity contribution in [1.29, 1.82) is 0 Å². The summed E-state index contributed by atoms with van der Waals surface area (Å²) in [4.78, 5) is 22.1. The average molecular weight is 446 g/mol. The second-order valence-electron chi connectivity index (χ2n) is 6.44. The Morgan fingerprint density at radius 3 is 2.53 bits per heavy atom. The second kappa shape index (κ2) is 9.24. The van der Waals surface area contributed by atoms with Gasteiger partial charge in [-0.2, -0.15) is 0 Å². The first kappa shape index (κ1) is 21.8. The number of ether oxygens (including phenoxy) is 1. The van der Waals surface area contributed by atoms with Gasteiger partial charge in [-0.05, 0) is 12.1 Å². The van der Waals surface area contributed by atoms with Crippen molar-refractivity contribution in [3.8, 4) is 5.75 Å². The van der Waals surface area contributed by atoms with Crippen molar-refractivity contribution in [2.24, 2.45) is 0 Å². The van der Waals surface area contributed by atoms with E-state index in [-0.39, 0.29) is 5.95 Å². The van der Waals surface area contributed by atoms with Crippen LogP contribution < -0.4 is 15.0 Å². The molecule has 1 unspecified atom stereocenters. The van der Waals surface area contributed by atoms with Crippen LogP contribution in [0.25, 0.3) is 0 Å². The van der Waals surface area contributed by atoms with Crippen molar-refractivity contribution in [3.05, 3.63) is 35.1 Å². The normalized spacial score (nSPS) is 15.3. The molecule has 1 saturated heterocycles. The minimum absolute atomic E-state index is 0.00802. The fraction of sp³-hybridized carbons (Fsp3) is 0.389. The Morgan fingerprint density at radius 1 is 1.27 bits per heavy atom. The number of halogens is 4. The third kappa shape index (κ3) is 4.78. The second-order valence-corrected chi connectivity index (χ2v) is 6.80. The van der Waals surface area contributed by atoms with E-state index in [4.69, 9.17) is 21.4 Å². The van der Waals surface area contributed by atoms with E-state index in [2.05, 4.69) is 15.3 Å². The smallest absolute Gasteiger partial charge is 0.407 e. The molecule has 0 bridgehead atoms. The molecule has 3 rings (SSSR count). The van der Waals surface area contributed by atoms with Crippen LogP contribution in [0.4, 0.5) is 35.3 Å². The number of nitrogens with one attached hydrogen (secondary N) is 1. The number of hydrogen-bond donors (Lipinski definition) is 2. The van der Waals surface area contributed by atoms with Gasteiger partial charge in [0.1, 0.15) is 10.9 Å². The van der Waals surface area contributed by atoms with Crippen molar-refractivity contribution in [2.45, 2.75) is 12.6 Å². The third-order valence-electron chi connectivity index (χ3n) is 4.63. The number of piperazine rings is 1. The highest BCUT2D eigenvalue weighted by Gasteiger charge is 2.26. The fourth-order valence-electron chi connectivity index (χ4n) is 3.01. The van der Waals surface area contributed by atoms with Crippen molar-refractivity contribution < 1.29 is 27.8 Å². The van der Waals surface area contributed by atoms with Gasteiger partial charge in [0, 0.05) is 49.7 Å². The number of carbonyl (C=O) groups is 1. The molecule has 1 aliphatic heterocycles. The van der Waals surface area contributed by atoms with Gasteiger partial charge in [0.2, 0.25) is 5.95 Å². The largest absolute Gasteiger partial charge is 0.494 e. The summed E-state index contributed by atoms with van der Waals surface area (Å²) in [5, 5.41) is 11.5. The number of rotatable bonds is 6. The quantitative estimate of drug-likeness (QED) is 0.650. The minimum atomic E-state index is -3.23. The van der Waals surface area contributed by atoms with Crippen LogP contribution >= 0.6 is 11.6 Å². The van der Waals surface area contributed by atoms with Gasteiger partial charge >= 0.3 is 6.09 Å². The molecule has 1 aliphatic rings. The fourth-order valence-corrected chi connectivity index (χ4v) is 3.24. The summed E-state index contributed by atoms with van der Waals surface area (Å²) in [6.07, 6.45) is -5.82. The Bertz CT molecular complexity index is 913. The van der Waals surface area contributed by atoms with E-state index in [1.807, 2.05) is 11.0 Å². The van der Waals surface area contributed by atoms with Gasteiger partial charge in [0.25, 0.3) is 6.43 Å². The lowest BCUT2D eigenvalue weighted by Crippen LogP contribution is -2.48. The Labute approximate surface area is 175 Å². The molecule has 0 spiro atoms. The van der Waals surface area contributed by atoms with Crippen LogP contribution in [0.15, 0.2) is 24.4 Å². The Kier molecular flexibility index (Phi) is 6.70. The highest BCUT2D eigenvalue weighted by Crippen LogP contribution is 2.33. The first-order valence-corrected chi connectivity index (χ1v) is 9.30. The molecule has 0 radical (unpaired) electrons. The predicted octanol–water partition coefficient (Wildman–Crippen LogP) is 3.96. The molecule has 2 aromatic rings. The van der Waals surface area contributed by atoms with Crippen LogP contribution in [0.3, 0.4) is 0 Å². The number of hydrogen-bond acceptors (Lipinski definition) is 6. The van der Waals surface area contributed by atoms with Crippen molar-refractivity contribution >= 4 is 35.0 Å².